The first kappa shape index (κ1) is 15.2. The van der Waals surface area contributed by atoms with Crippen LogP contribution in [0.4, 0.5) is 0 Å². The fourth-order valence-corrected chi connectivity index (χ4v) is 1.37. The molecular weight excluding hydrogens is 252 g/mol. The molecule has 0 saturated carbocycles. The van der Waals surface area contributed by atoms with Crippen molar-refractivity contribution in [1.82, 2.24) is 5.48 Å². The molecule has 0 aliphatic rings. The van der Waals surface area contributed by atoms with Crippen molar-refractivity contribution in [2.45, 2.75) is 12.5 Å². The molecule has 0 bridgehead atoms. The van der Waals surface area contributed by atoms with Crippen molar-refractivity contribution in [2.24, 2.45) is 5.73 Å². The average Bonchev–Trinajstić information content (AvgIpc) is 2.38. The van der Waals surface area contributed by atoms with Crippen molar-refractivity contribution in [3.8, 4) is 11.5 Å². The second kappa shape index (κ2) is 7.57. The van der Waals surface area contributed by atoms with Crippen LogP contribution in [0.5, 0.6) is 11.5 Å². The highest BCUT2D eigenvalue weighted by atomic mass is 16.7. The Labute approximate surface area is 110 Å². The van der Waals surface area contributed by atoms with Gasteiger partial charge in [0.1, 0.15) is 0 Å². The molecule has 5 N–H and O–H groups in total. The molecule has 1 rings (SSSR count). The van der Waals surface area contributed by atoms with Crippen LogP contribution in [-0.4, -0.2) is 42.5 Å². The standard InChI is InChI=1S/C12H18N2O5/c1-18-4-5-19-14-12(17)9(13)6-8-2-3-10(15)11(16)7-8/h2-3,7,9,15-16H,4-6,13H2,1H3,(H,14,17)/t9-/m0/s1. The minimum Gasteiger partial charge on any atom is -0.504 e. The molecule has 0 aliphatic carbocycles. The van der Waals surface area contributed by atoms with Crippen molar-refractivity contribution in [3.05, 3.63) is 23.8 Å². The summed E-state index contributed by atoms with van der Waals surface area (Å²) in [6, 6.07) is 3.46. The summed E-state index contributed by atoms with van der Waals surface area (Å²) in [5.41, 5.74) is 8.53. The van der Waals surface area contributed by atoms with Gasteiger partial charge in [0.05, 0.1) is 19.3 Å². The van der Waals surface area contributed by atoms with Gasteiger partial charge in [0.25, 0.3) is 5.91 Å². The van der Waals surface area contributed by atoms with Crippen LogP contribution in [0.25, 0.3) is 0 Å². The van der Waals surface area contributed by atoms with Crippen molar-refractivity contribution in [3.63, 3.8) is 0 Å². The molecule has 0 spiro atoms. The van der Waals surface area contributed by atoms with Crippen LogP contribution in [0, 0.1) is 0 Å². The molecular formula is C12H18N2O5. The normalized spacial score (nSPS) is 12.1. The number of hydrogen-bond donors (Lipinski definition) is 4. The van der Waals surface area contributed by atoms with Crippen molar-refractivity contribution < 1.29 is 24.6 Å². The average molecular weight is 270 g/mol. The SMILES string of the molecule is COCCONC(=O)[C@@H](N)Cc1ccc(O)c(O)c1. The Hall–Kier alpha value is -1.83. The van der Waals surface area contributed by atoms with Gasteiger partial charge < -0.3 is 20.7 Å². The van der Waals surface area contributed by atoms with E-state index in [9.17, 15) is 9.90 Å². The second-order valence-electron chi connectivity index (χ2n) is 3.94. The summed E-state index contributed by atoms with van der Waals surface area (Å²) in [5.74, 6) is -0.935. The van der Waals surface area contributed by atoms with Crippen LogP contribution in [-0.2, 0) is 20.8 Å². The zero-order valence-electron chi connectivity index (χ0n) is 10.6. The molecule has 0 aliphatic heterocycles. The monoisotopic (exact) mass is 270 g/mol. The highest BCUT2D eigenvalue weighted by Gasteiger charge is 2.15. The van der Waals surface area contributed by atoms with E-state index in [-0.39, 0.29) is 24.5 Å². The van der Waals surface area contributed by atoms with Crippen LogP contribution in [0.2, 0.25) is 0 Å². The lowest BCUT2D eigenvalue weighted by Crippen LogP contribution is -2.42. The molecule has 1 aromatic rings. The number of benzene rings is 1. The van der Waals surface area contributed by atoms with E-state index in [0.29, 0.717) is 12.2 Å². The summed E-state index contributed by atoms with van der Waals surface area (Å²) in [7, 11) is 1.52. The molecule has 106 valence electrons. The van der Waals surface area contributed by atoms with Gasteiger partial charge in [-0.1, -0.05) is 6.07 Å². The molecule has 7 heteroatoms. The number of amides is 1. The largest absolute Gasteiger partial charge is 0.504 e. The molecule has 7 nitrogen and oxygen atoms in total. The van der Waals surface area contributed by atoms with Crippen molar-refractivity contribution in [1.29, 1.82) is 0 Å². The van der Waals surface area contributed by atoms with Gasteiger partial charge in [0.2, 0.25) is 0 Å². The molecule has 1 atom stereocenters. The highest BCUT2D eigenvalue weighted by Crippen LogP contribution is 2.25. The smallest absolute Gasteiger partial charge is 0.260 e. The molecule has 0 radical (unpaired) electrons. The second-order valence-corrected chi connectivity index (χ2v) is 3.94. The number of ether oxygens (including phenoxy) is 1. The predicted molar refractivity (Wildman–Crippen MR) is 67.4 cm³/mol. The number of methoxy groups -OCH3 is 1. The third kappa shape index (κ3) is 5.12. The zero-order chi connectivity index (χ0) is 14.3. The molecule has 19 heavy (non-hydrogen) atoms. The number of hydrogen-bond acceptors (Lipinski definition) is 6. The van der Waals surface area contributed by atoms with E-state index in [1.165, 1.54) is 19.2 Å². The number of aromatic hydroxyl groups is 2. The van der Waals surface area contributed by atoms with Gasteiger partial charge in [-0.05, 0) is 24.1 Å². The molecule has 1 amide bonds. The summed E-state index contributed by atoms with van der Waals surface area (Å²) in [6.07, 6.45) is 0.216. The third-order valence-corrected chi connectivity index (χ3v) is 2.39. The number of carbonyl (C=O) groups excluding carboxylic acids is 1. The molecule has 0 heterocycles. The first-order valence-electron chi connectivity index (χ1n) is 5.71. The van der Waals surface area contributed by atoms with Gasteiger partial charge in [0, 0.05) is 7.11 Å². The van der Waals surface area contributed by atoms with Crippen LogP contribution in [0.3, 0.4) is 0 Å². The van der Waals surface area contributed by atoms with E-state index < -0.39 is 11.9 Å². The Kier molecular flexibility index (Phi) is 6.07. The summed E-state index contributed by atoms with van der Waals surface area (Å²) < 4.78 is 4.75. The summed E-state index contributed by atoms with van der Waals surface area (Å²) in [4.78, 5) is 16.4. The summed E-state index contributed by atoms with van der Waals surface area (Å²) in [6.45, 7) is 0.594. The van der Waals surface area contributed by atoms with Crippen LogP contribution < -0.4 is 11.2 Å². The Morgan fingerprint density at radius 3 is 2.74 bits per heavy atom. The lowest BCUT2D eigenvalue weighted by atomic mass is 10.1. The molecule has 0 aromatic heterocycles. The summed E-state index contributed by atoms with van der Waals surface area (Å²) >= 11 is 0. The van der Waals surface area contributed by atoms with Gasteiger partial charge in [0.15, 0.2) is 11.5 Å². The summed E-state index contributed by atoms with van der Waals surface area (Å²) in [5, 5.41) is 18.5. The fraction of sp³-hybridized carbons (Fsp3) is 0.417. The Balaban J connectivity index is 2.42. The maximum atomic E-state index is 11.5. The lowest BCUT2D eigenvalue weighted by molar-refractivity contribution is -0.135. The fourth-order valence-electron chi connectivity index (χ4n) is 1.37. The van der Waals surface area contributed by atoms with E-state index in [2.05, 4.69) is 5.48 Å². The topological polar surface area (TPSA) is 114 Å². The molecule has 1 aromatic carbocycles. The maximum Gasteiger partial charge on any atom is 0.260 e. The highest BCUT2D eigenvalue weighted by molar-refractivity contribution is 5.80. The minimum atomic E-state index is -0.813. The van der Waals surface area contributed by atoms with E-state index in [0.717, 1.165) is 0 Å². The number of carbonyl (C=O) groups is 1. The van der Waals surface area contributed by atoms with E-state index in [1.807, 2.05) is 0 Å². The van der Waals surface area contributed by atoms with Gasteiger partial charge in [-0.15, -0.1) is 0 Å². The first-order valence-corrected chi connectivity index (χ1v) is 5.71. The number of phenolic OH excluding ortho intramolecular Hbond substituents is 2. The Bertz CT molecular complexity index is 425. The Morgan fingerprint density at radius 1 is 1.37 bits per heavy atom. The van der Waals surface area contributed by atoms with Crippen LogP contribution in [0.1, 0.15) is 5.56 Å². The van der Waals surface area contributed by atoms with Gasteiger partial charge in [-0.3, -0.25) is 9.63 Å². The number of nitrogens with two attached hydrogens (primary N) is 1. The quantitative estimate of drug-likeness (QED) is 0.306. The third-order valence-electron chi connectivity index (χ3n) is 2.39. The van der Waals surface area contributed by atoms with E-state index in [1.54, 1.807) is 6.07 Å². The molecule has 0 saturated heterocycles. The zero-order valence-corrected chi connectivity index (χ0v) is 10.6. The van der Waals surface area contributed by atoms with Crippen LogP contribution >= 0.6 is 0 Å². The molecule has 0 fully saturated rings. The Morgan fingerprint density at radius 2 is 2.11 bits per heavy atom. The van der Waals surface area contributed by atoms with E-state index >= 15 is 0 Å². The number of rotatable bonds is 7. The number of phenols is 2. The first-order chi connectivity index (χ1) is 9.04. The number of hydroxylamine groups is 1. The van der Waals surface area contributed by atoms with Crippen molar-refractivity contribution in [2.75, 3.05) is 20.3 Å². The van der Waals surface area contributed by atoms with Gasteiger partial charge in [-0.2, -0.15) is 0 Å². The van der Waals surface area contributed by atoms with Gasteiger partial charge >= 0.3 is 0 Å². The lowest BCUT2D eigenvalue weighted by Gasteiger charge is -2.12. The number of nitrogens with one attached hydrogen (secondary N) is 1. The van der Waals surface area contributed by atoms with Crippen molar-refractivity contribution >= 4 is 5.91 Å². The maximum absolute atomic E-state index is 11.5. The molecule has 0 unspecified atom stereocenters. The van der Waals surface area contributed by atoms with Gasteiger partial charge in [-0.25, -0.2) is 5.48 Å². The predicted octanol–water partition coefficient (Wildman–Crippen LogP) is -0.338. The van der Waals surface area contributed by atoms with Crippen LogP contribution in [0.15, 0.2) is 18.2 Å². The minimum absolute atomic E-state index is 0.216. The van der Waals surface area contributed by atoms with E-state index in [4.69, 9.17) is 20.4 Å².